The highest BCUT2D eigenvalue weighted by molar-refractivity contribution is 4.72. The number of nitrogens with zero attached hydrogens (tertiary/aromatic N) is 2. The highest BCUT2D eigenvalue weighted by atomic mass is 15.1. The average Bonchev–Trinajstić information content (AvgIpc) is 2.83. The highest BCUT2D eigenvalue weighted by Gasteiger charge is 2.15. The van der Waals surface area contributed by atoms with Crippen molar-refractivity contribution in [3.8, 4) is 0 Å². The van der Waals surface area contributed by atoms with E-state index in [1.54, 1.807) is 0 Å². The number of hydrogen-bond acceptors (Lipinski definition) is 3. The Hall–Kier alpha value is -0.120. The van der Waals surface area contributed by atoms with Crippen LogP contribution < -0.4 is 5.32 Å². The maximum Gasteiger partial charge on any atom is 0.000756 e. The van der Waals surface area contributed by atoms with Crippen molar-refractivity contribution in [2.75, 3.05) is 52.9 Å². The molecule has 17 heavy (non-hydrogen) atoms. The first kappa shape index (κ1) is 13.3. The van der Waals surface area contributed by atoms with Gasteiger partial charge in [0.1, 0.15) is 0 Å². The molecule has 100 valence electrons. The summed E-state index contributed by atoms with van der Waals surface area (Å²) >= 11 is 0. The molecule has 0 amide bonds. The van der Waals surface area contributed by atoms with E-state index >= 15 is 0 Å². The van der Waals surface area contributed by atoms with Crippen molar-refractivity contribution >= 4 is 0 Å². The molecular formula is C14H29N3. The summed E-state index contributed by atoms with van der Waals surface area (Å²) in [5, 5.41) is 3.44. The Morgan fingerprint density at radius 2 is 1.88 bits per heavy atom. The van der Waals surface area contributed by atoms with Gasteiger partial charge in [0, 0.05) is 6.54 Å². The van der Waals surface area contributed by atoms with E-state index in [1.165, 1.54) is 77.9 Å². The van der Waals surface area contributed by atoms with Gasteiger partial charge in [-0.25, -0.2) is 0 Å². The summed E-state index contributed by atoms with van der Waals surface area (Å²) in [5.74, 6) is 0.938. The van der Waals surface area contributed by atoms with Crippen molar-refractivity contribution in [2.24, 2.45) is 5.92 Å². The summed E-state index contributed by atoms with van der Waals surface area (Å²) in [7, 11) is 2.30. The topological polar surface area (TPSA) is 18.5 Å². The summed E-state index contributed by atoms with van der Waals surface area (Å²) in [5.41, 5.74) is 0. The van der Waals surface area contributed by atoms with Gasteiger partial charge in [-0.1, -0.05) is 0 Å². The van der Waals surface area contributed by atoms with Crippen LogP contribution in [-0.4, -0.2) is 62.7 Å². The molecule has 1 N–H and O–H groups in total. The van der Waals surface area contributed by atoms with Crippen molar-refractivity contribution in [2.45, 2.75) is 32.1 Å². The van der Waals surface area contributed by atoms with Crippen LogP contribution in [0.1, 0.15) is 32.1 Å². The van der Waals surface area contributed by atoms with E-state index in [9.17, 15) is 0 Å². The summed E-state index contributed by atoms with van der Waals surface area (Å²) in [6, 6.07) is 0. The smallest absolute Gasteiger partial charge is 0.000756 e. The number of rotatable bonds is 6. The van der Waals surface area contributed by atoms with E-state index in [4.69, 9.17) is 0 Å². The van der Waals surface area contributed by atoms with Gasteiger partial charge in [-0.2, -0.15) is 0 Å². The van der Waals surface area contributed by atoms with Crippen LogP contribution in [0.5, 0.6) is 0 Å². The van der Waals surface area contributed by atoms with E-state index in [-0.39, 0.29) is 0 Å². The van der Waals surface area contributed by atoms with Crippen molar-refractivity contribution < 1.29 is 0 Å². The molecular weight excluding hydrogens is 210 g/mol. The van der Waals surface area contributed by atoms with Crippen molar-refractivity contribution in [1.82, 2.24) is 15.1 Å². The summed E-state index contributed by atoms with van der Waals surface area (Å²) in [6.07, 6.45) is 6.93. The lowest BCUT2D eigenvalue weighted by Gasteiger charge is -2.28. The Bertz CT molecular complexity index is 196. The van der Waals surface area contributed by atoms with Gasteiger partial charge < -0.3 is 15.1 Å². The molecule has 0 saturated carbocycles. The third-order valence-electron chi connectivity index (χ3n) is 4.24. The van der Waals surface area contributed by atoms with E-state index in [1.807, 2.05) is 0 Å². The highest BCUT2D eigenvalue weighted by Crippen LogP contribution is 2.13. The molecule has 2 fully saturated rings. The van der Waals surface area contributed by atoms with Crippen LogP contribution in [0.15, 0.2) is 0 Å². The fraction of sp³-hybridized carbons (Fsp3) is 1.00. The van der Waals surface area contributed by atoms with Gasteiger partial charge in [-0.05, 0) is 84.3 Å². The van der Waals surface area contributed by atoms with Gasteiger partial charge in [0.25, 0.3) is 0 Å². The molecule has 3 heteroatoms. The number of likely N-dealkylation sites (tertiary alicyclic amines) is 1. The maximum absolute atomic E-state index is 3.44. The summed E-state index contributed by atoms with van der Waals surface area (Å²) < 4.78 is 0. The second kappa shape index (κ2) is 7.34. The molecule has 3 nitrogen and oxygen atoms in total. The first-order chi connectivity index (χ1) is 8.34. The Kier molecular flexibility index (Phi) is 5.75. The van der Waals surface area contributed by atoms with Crippen LogP contribution in [0.25, 0.3) is 0 Å². The SMILES string of the molecule is CN(CCCN1CCCC1)CC1CCNCC1. The van der Waals surface area contributed by atoms with Gasteiger partial charge in [0.15, 0.2) is 0 Å². The maximum atomic E-state index is 3.44. The zero-order chi connectivity index (χ0) is 11.9. The third kappa shape index (κ3) is 4.94. The molecule has 0 radical (unpaired) electrons. The monoisotopic (exact) mass is 239 g/mol. The molecule has 0 atom stereocenters. The van der Waals surface area contributed by atoms with Crippen LogP contribution >= 0.6 is 0 Å². The van der Waals surface area contributed by atoms with Crippen LogP contribution in [0, 0.1) is 5.92 Å². The van der Waals surface area contributed by atoms with Gasteiger partial charge in [0.05, 0.1) is 0 Å². The zero-order valence-electron chi connectivity index (χ0n) is 11.5. The predicted octanol–water partition coefficient (Wildman–Crippen LogP) is 1.40. The minimum atomic E-state index is 0.938. The minimum Gasteiger partial charge on any atom is -0.317 e. The number of hydrogen-bond donors (Lipinski definition) is 1. The second-order valence-corrected chi connectivity index (χ2v) is 5.86. The van der Waals surface area contributed by atoms with Crippen LogP contribution in [0.3, 0.4) is 0 Å². The Labute approximate surface area is 107 Å². The van der Waals surface area contributed by atoms with Crippen LogP contribution in [0.4, 0.5) is 0 Å². The minimum absolute atomic E-state index is 0.938. The van der Waals surface area contributed by atoms with E-state index in [0.717, 1.165) is 5.92 Å². The van der Waals surface area contributed by atoms with E-state index in [2.05, 4.69) is 22.2 Å². The van der Waals surface area contributed by atoms with E-state index < -0.39 is 0 Å². The van der Waals surface area contributed by atoms with Crippen molar-refractivity contribution in [3.05, 3.63) is 0 Å². The van der Waals surface area contributed by atoms with Gasteiger partial charge >= 0.3 is 0 Å². The third-order valence-corrected chi connectivity index (χ3v) is 4.24. The molecule has 0 spiro atoms. The van der Waals surface area contributed by atoms with Gasteiger partial charge in [-0.15, -0.1) is 0 Å². The molecule has 0 bridgehead atoms. The Balaban J connectivity index is 1.52. The van der Waals surface area contributed by atoms with Crippen LogP contribution in [-0.2, 0) is 0 Å². The molecule has 0 aromatic heterocycles. The predicted molar refractivity (Wildman–Crippen MR) is 73.4 cm³/mol. The number of nitrogens with one attached hydrogen (secondary N) is 1. The lowest BCUT2D eigenvalue weighted by molar-refractivity contribution is 0.225. The second-order valence-electron chi connectivity index (χ2n) is 5.86. The van der Waals surface area contributed by atoms with Crippen molar-refractivity contribution in [3.63, 3.8) is 0 Å². The molecule has 2 heterocycles. The Morgan fingerprint density at radius 3 is 2.59 bits per heavy atom. The molecule has 2 saturated heterocycles. The van der Waals surface area contributed by atoms with E-state index in [0.29, 0.717) is 0 Å². The molecule has 2 rings (SSSR count). The summed E-state index contributed by atoms with van der Waals surface area (Å²) in [4.78, 5) is 5.17. The standard InChI is InChI=1S/C14H29N3/c1-16(13-14-5-7-15-8-6-14)9-4-12-17-10-2-3-11-17/h14-15H,2-13H2,1H3. The average molecular weight is 239 g/mol. The van der Waals surface area contributed by atoms with Crippen molar-refractivity contribution in [1.29, 1.82) is 0 Å². The lowest BCUT2D eigenvalue weighted by Crippen LogP contribution is -2.35. The molecule has 0 unspecified atom stereocenters. The van der Waals surface area contributed by atoms with Crippen LogP contribution in [0.2, 0.25) is 0 Å². The molecule has 2 aliphatic rings. The molecule has 0 aromatic rings. The van der Waals surface area contributed by atoms with Gasteiger partial charge in [-0.3, -0.25) is 0 Å². The van der Waals surface area contributed by atoms with Gasteiger partial charge in [0.2, 0.25) is 0 Å². The fourth-order valence-electron chi connectivity index (χ4n) is 3.17. The Morgan fingerprint density at radius 1 is 1.18 bits per heavy atom. The lowest BCUT2D eigenvalue weighted by atomic mass is 9.98. The number of piperidine rings is 1. The first-order valence-electron chi connectivity index (χ1n) is 7.46. The first-order valence-corrected chi connectivity index (χ1v) is 7.46. The fourth-order valence-corrected chi connectivity index (χ4v) is 3.17. The zero-order valence-corrected chi connectivity index (χ0v) is 11.5. The summed E-state index contributed by atoms with van der Waals surface area (Å²) in [6.45, 7) is 9.05. The largest absolute Gasteiger partial charge is 0.317 e. The molecule has 0 aliphatic carbocycles. The normalized spacial score (nSPS) is 23.6. The quantitative estimate of drug-likeness (QED) is 0.756. The molecule has 0 aromatic carbocycles. The molecule has 2 aliphatic heterocycles.